The number of carbonyl (C=O) groups is 1. The fraction of sp³-hybridized carbons (Fsp3) is 0.550. The molecule has 2 rings (SSSR count). The van der Waals surface area contributed by atoms with Crippen molar-refractivity contribution in [1.82, 2.24) is 4.90 Å². The van der Waals surface area contributed by atoms with Crippen LogP contribution in [-0.2, 0) is 4.79 Å². The van der Waals surface area contributed by atoms with Crippen molar-refractivity contribution in [1.29, 1.82) is 0 Å². The molecule has 0 aliphatic carbocycles. The van der Waals surface area contributed by atoms with Crippen LogP contribution in [0.2, 0.25) is 0 Å². The first-order valence-corrected chi connectivity index (χ1v) is 8.83. The van der Waals surface area contributed by atoms with E-state index in [1.165, 1.54) is 19.3 Å². The number of benzene rings is 1. The number of rotatable bonds is 5. The lowest BCUT2D eigenvalue weighted by molar-refractivity contribution is -0.114. The maximum absolute atomic E-state index is 11.7. The Morgan fingerprint density at radius 2 is 1.57 bits per heavy atom. The number of carbonyl (C=O) groups excluding carboxylic acids is 1. The first kappa shape index (κ1) is 24.1. The Morgan fingerprint density at radius 1 is 1.00 bits per heavy atom. The number of piperidine rings is 1. The standard InChI is InChI=1S/C16H21NO.2C2H6.ClH/c18-16(10-9-15-7-3-1-4-8-15)11-14-17-12-5-2-6-13-17;2*1-2;/h1,3-4,7-10H,2,5-6,11-14H2;2*1-2H3;1H/b10-9+;;;. The van der Waals surface area contributed by atoms with Gasteiger partial charge < -0.3 is 4.90 Å². The minimum Gasteiger partial charge on any atom is -0.303 e. The molecule has 0 radical (unpaired) electrons. The van der Waals surface area contributed by atoms with Gasteiger partial charge in [-0.05, 0) is 37.6 Å². The van der Waals surface area contributed by atoms with E-state index in [9.17, 15) is 4.79 Å². The maximum atomic E-state index is 11.7. The molecule has 1 saturated heterocycles. The Balaban J connectivity index is 0. The van der Waals surface area contributed by atoms with Crippen LogP contribution in [0.5, 0.6) is 0 Å². The molecule has 1 fully saturated rings. The van der Waals surface area contributed by atoms with E-state index in [4.69, 9.17) is 0 Å². The number of halogens is 1. The van der Waals surface area contributed by atoms with Gasteiger partial charge in [-0.3, -0.25) is 4.79 Å². The molecule has 0 N–H and O–H groups in total. The Labute approximate surface area is 149 Å². The molecule has 0 atom stereocenters. The topological polar surface area (TPSA) is 20.3 Å². The third kappa shape index (κ3) is 12.0. The second-order valence-corrected chi connectivity index (χ2v) is 4.86. The van der Waals surface area contributed by atoms with Crippen LogP contribution < -0.4 is 0 Å². The molecule has 0 unspecified atom stereocenters. The summed E-state index contributed by atoms with van der Waals surface area (Å²) in [5.74, 6) is 0.226. The smallest absolute Gasteiger partial charge is 0.156 e. The summed E-state index contributed by atoms with van der Waals surface area (Å²) in [6.07, 6.45) is 8.17. The molecule has 1 heterocycles. The van der Waals surface area contributed by atoms with E-state index in [1.54, 1.807) is 6.08 Å². The van der Waals surface area contributed by atoms with Crippen LogP contribution in [0.4, 0.5) is 0 Å². The lowest BCUT2D eigenvalue weighted by Crippen LogP contribution is -2.31. The number of hydrogen-bond acceptors (Lipinski definition) is 2. The highest BCUT2D eigenvalue weighted by atomic mass is 35.5. The van der Waals surface area contributed by atoms with Crippen LogP contribution in [0.15, 0.2) is 36.4 Å². The van der Waals surface area contributed by atoms with E-state index < -0.39 is 0 Å². The number of allylic oxidation sites excluding steroid dienone is 1. The molecule has 1 aromatic carbocycles. The predicted molar refractivity (Wildman–Crippen MR) is 105 cm³/mol. The lowest BCUT2D eigenvalue weighted by atomic mass is 10.1. The Morgan fingerprint density at radius 3 is 2.13 bits per heavy atom. The van der Waals surface area contributed by atoms with Crippen LogP contribution in [0, 0.1) is 0 Å². The normalized spacial score (nSPS) is 13.9. The molecular weight excluding hydrogens is 306 g/mol. The summed E-state index contributed by atoms with van der Waals surface area (Å²) < 4.78 is 0. The van der Waals surface area contributed by atoms with Crippen molar-refractivity contribution in [2.24, 2.45) is 0 Å². The molecule has 1 aliphatic heterocycles. The first-order chi connectivity index (χ1) is 10.8. The fourth-order valence-electron chi connectivity index (χ4n) is 2.29. The van der Waals surface area contributed by atoms with Crippen molar-refractivity contribution in [2.75, 3.05) is 19.6 Å². The van der Waals surface area contributed by atoms with Gasteiger partial charge in [-0.15, -0.1) is 12.4 Å². The Hall–Kier alpha value is -1.12. The van der Waals surface area contributed by atoms with Crippen LogP contribution in [-0.4, -0.2) is 30.3 Å². The molecule has 132 valence electrons. The Bertz CT molecular complexity index is 397. The van der Waals surface area contributed by atoms with Crippen molar-refractivity contribution in [2.45, 2.75) is 53.4 Å². The molecule has 23 heavy (non-hydrogen) atoms. The maximum Gasteiger partial charge on any atom is 0.156 e. The van der Waals surface area contributed by atoms with Gasteiger partial charge >= 0.3 is 0 Å². The Kier molecular flexibility index (Phi) is 18.1. The van der Waals surface area contributed by atoms with Crippen LogP contribution in [0.3, 0.4) is 0 Å². The zero-order chi connectivity index (χ0) is 16.6. The van der Waals surface area contributed by atoms with Gasteiger partial charge in [-0.25, -0.2) is 0 Å². The SMILES string of the molecule is CC.CC.Cl.O=C(/C=C/c1ccccc1)CCN1CCCCC1. The summed E-state index contributed by atoms with van der Waals surface area (Å²) >= 11 is 0. The van der Waals surface area contributed by atoms with Gasteiger partial charge in [0.1, 0.15) is 0 Å². The first-order valence-electron chi connectivity index (χ1n) is 8.83. The molecule has 0 bridgehead atoms. The van der Waals surface area contributed by atoms with E-state index in [2.05, 4.69) is 4.90 Å². The largest absolute Gasteiger partial charge is 0.303 e. The van der Waals surface area contributed by atoms with Crippen molar-refractivity contribution in [3.05, 3.63) is 42.0 Å². The van der Waals surface area contributed by atoms with E-state index >= 15 is 0 Å². The zero-order valence-electron chi connectivity index (χ0n) is 15.3. The van der Waals surface area contributed by atoms with E-state index in [-0.39, 0.29) is 18.2 Å². The third-order valence-corrected chi connectivity index (χ3v) is 3.38. The van der Waals surface area contributed by atoms with E-state index in [0.29, 0.717) is 6.42 Å². The molecule has 2 nitrogen and oxygen atoms in total. The van der Waals surface area contributed by atoms with Crippen LogP contribution in [0.25, 0.3) is 6.08 Å². The monoisotopic (exact) mass is 339 g/mol. The third-order valence-electron chi connectivity index (χ3n) is 3.38. The second-order valence-electron chi connectivity index (χ2n) is 4.86. The highest BCUT2D eigenvalue weighted by Crippen LogP contribution is 2.09. The summed E-state index contributed by atoms with van der Waals surface area (Å²) in [6.45, 7) is 11.2. The average Bonchev–Trinajstić information content (AvgIpc) is 2.63. The predicted octanol–water partition coefficient (Wildman–Crippen LogP) is 5.62. The van der Waals surface area contributed by atoms with Gasteiger partial charge in [-0.1, -0.05) is 70.5 Å². The van der Waals surface area contributed by atoms with Gasteiger partial charge in [0.05, 0.1) is 0 Å². The molecule has 0 saturated carbocycles. The number of nitrogens with zero attached hydrogens (tertiary/aromatic N) is 1. The highest BCUT2D eigenvalue weighted by molar-refractivity contribution is 5.93. The minimum atomic E-state index is 0. The van der Waals surface area contributed by atoms with Gasteiger partial charge in [0.15, 0.2) is 5.78 Å². The summed E-state index contributed by atoms with van der Waals surface area (Å²) in [5, 5.41) is 0. The molecule has 1 aromatic rings. The average molecular weight is 340 g/mol. The molecular formula is C20H34ClNO. The van der Waals surface area contributed by atoms with Crippen LogP contribution in [0.1, 0.15) is 58.9 Å². The summed E-state index contributed by atoms with van der Waals surface area (Å²) in [4.78, 5) is 14.1. The molecule has 0 aromatic heterocycles. The lowest BCUT2D eigenvalue weighted by Gasteiger charge is -2.25. The van der Waals surface area contributed by atoms with Crippen molar-refractivity contribution in [3.63, 3.8) is 0 Å². The van der Waals surface area contributed by atoms with Gasteiger partial charge in [0.25, 0.3) is 0 Å². The zero-order valence-corrected chi connectivity index (χ0v) is 16.1. The van der Waals surface area contributed by atoms with Gasteiger partial charge in [0, 0.05) is 13.0 Å². The van der Waals surface area contributed by atoms with Crippen molar-refractivity contribution < 1.29 is 4.79 Å². The van der Waals surface area contributed by atoms with Crippen molar-refractivity contribution in [3.8, 4) is 0 Å². The van der Waals surface area contributed by atoms with E-state index in [0.717, 1.165) is 25.2 Å². The van der Waals surface area contributed by atoms with Gasteiger partial charge in [-0.2, -0.15) is 0 Å². The molecule has 0 spiro atoms. The summed E-state index contributed by atoms with van der Waals surface area (Å²) in [7, 11) is 0. The van der Waals surface area contributed by atoms with Crippen molar-refractivity contribution >= 4 is 24.3 Å². The number of likely N-dealkylation sites (tertiary alicyclic amines) is 1. The molecule has 3 heteroatoms. The number of hydrogen-bond donors (Lipinski definition) is 0. The van der Waals surface area contributed by atoms with Crippen LogP contribution >= 0.6 is 12.4 Å². The minimum absolute atomic E-state index is 0. The van der Waals surface area contributed by atoms with Gasteiger partial charge in [0.2, 0.25) is 0 Å². The highest BCUT2D eigenvalue weighted by Gasteiger charge is 2.10. The summed E-state index contributed by atoms with van der Waals surface area (Å²) in [5.41, 5.74) is 1.09. The van der Waals surface area contributed by atoms with E-state index in [1.807, 2.05) is 64.1 Å². The number of ketones is 1. The molecule has 1 aliphatic rings. The summed E-state index contributed by atoms with van der Waals surface area (Å²) in [6, 6.07) is 9.97. The fourth-order valence-corrected chi connectivity index (χ4v) is 2.29. The molecule has 0 amide bonds. The quantitative estimate of drug-likeness (QED) is 0.649. The second kappa shape index (κ2) is 17.2.